The van der Waals surface area contributed by atoms with Gasteiger partial charge in [-0.3, -0.25) is 14.5 Å². The summed E-state index contributed by atoms with van der Waals surface area (Å²) in [6, 6.07) is 15.6. The highest BCUT2D eigenvalue weighted by Gasteiger charge is 2.37. The van der Waals surface area contributed by atoms with Crippen LogP contribution in [-0.2, 0) is 20.9 Å². The number of halogens is 1. The SMILES string of the molecule is COC(=O)CN1C(=S)N(C)C(=O)/C1=C/c1cn(CCOc2ccccc2)c2ccc(Br)cc12. The number of benzene rings is 2. The first-order chi connectivity index (χ1) is 15.9. The number of hydrogen-bond donors (Lipinski definition) is 0. The summed E-state index contributed by atoms with van der Waals surface area (Å²) in [6.45, 7) is 0.971. The van der Waals surface area contributed by atoms with Crippen LogP contribution >= 0.6 is 28.1 Å². The molecule has 2 aromatic carbocycles. The Hall–Kier alpha value is -3.17. The molecule has 170 valence electrons. The van der Waals surface area contributed by atoms with Gasteiger partial charge in [0.2, 0.25) is 0 Å². The largest absolute Gasteiger partial charge is 0.492 e. The summed E-state index contributed by atoms with van der Waals surface area (Å²) in [6.07, 6.45) is 3.74. The normalized spacial score (nSPS) is 15.1. The second kappa shape index (κ2) is 9.76. The Kier molecular flexibility index (Phi) is 6.80. The van der Waals surface area contributed by atoms with E-state index >= 15 is 0 Å². The molecular weight excluding hydrogens is 506 g/mol. The predicted octanol–water partition coefficient (Wildman–Crippen LogP) is 4.06. The van der Waals surface area contributed by atoms with Gasteiger partial charge in [0.1, 0.15) is 24.6 Å². The minimum absolute atomic E-state index is 0.134. The van der Waals surface area contributed by atoms with Crippen molar-refractivity contribution < 1.29 is 19.1 Å². The van der Waals surface area contributed by atoms with E-state index in [9.17, 15) is 9.59 Å². The van der Waals surface area contributed by atoms with Crippen molar-refractivity contribution in [2.24, 2.45) is 0 Å². The second-order valence-corrected chi connectivity index (χ2v) is 8.72. The number of carbonyl (C=O) groups excluding carboxylic acids is 2. The lowest BCUT2D eigenvalue weighted by Crippen LogP contribution is -2.33. The molecule has 33 heavy (non-hydrogen) atoms. The molecule has 2 heterocycles. The molecule has 0 atom stereocenters. The van der Waals surface area contributed by atoms with Crippen LogP contribution in [0.4, 0.5) is 0 Å². The third-order valence-corrected chi connectivity index (χ3v) is 6.35. The summed E-state index contributed by atoms with van der Waals surface area (Å²) in [4.78, 5) is 27.7. The average Bonchev–Trinajstić information content (AvgIpc) is 3.25. The number of fused-ring (bicyclic) bond motifs is 1. The maximum Gasteiger partial charge on any atom is 0.325 e. The van der Waals surface area contributed by atoms with E-state index in [1.807, 2.05) is 54.7 Å². The molecule has 1 fully saturated rings. The molecule has 1 aliphatic heterocycles. The highest BCUT2D eigenvalue weighted by Crippen LogP contribution is 2.30. The number of ether oxygens (including phenoxy) is 2. The Balaban J connectivity index is 1.68. The lowest BCUT2D eigenvalue weighted by Gasteiger charge is -2.16. The first-order valence-corrected chi connectivity index (χ1v) is 11.4. The van der Waals surface area contributed by atoms with Crippen LogP contribution in [0.15, 0.2) is 64.9 Å². The topological polar surface area (TPSA) is 64.0 Å². The number of aromatic nitrogens is 1. The van der Waals surface area contributed by atoms with Crippen LogP contribution in [-0.4, -0.2) is 58.7 Å². The lowest BCUT2D eigenvalue weighted by molar-refractivity contribution is -0.140. The first-order valence-electron chi connectivity index (χ1n) is 10.2. The summed E-state index contributed by atoms with van der Waals surface area (Å²) >= 11 is 8.91. The van der Waals surface area contributed by atoms with Crippen molar-refractivity contribution in [3.63, 3.8) is 0 Å². The standard InChI is InChI=1S/C24H22BrN3O4S/c1-26-23(30)21(28(24(26)33)15-22(29)31-2)12-16-14-27(20-9-8-17(25)13-19(16)20)10-11-32-18-6-4-3-5-7-18/h3-9,12-14H,10-11,15H2,1-2H3/b21-12-. The Morgan fingerprint density at radius 2 is 1.94 bits per heavy atom. The van der Waals surface area contributed by atoms with E-state index < -0.39 is 5.97 Å². The zero-order valence-electron chi connectivity index (χ0n) is 18.2. The number of hydrogen-bond acceptors (Lipinski definition) is 5. The summed E-state index contributed by atoms with van der Waals surface area (Å²) in [5.41, 5.74) is 2.16. The zero-order valence-corrected chi connectivity index (χ0v) is 20.6. The van der Waals surface area contributed by atoms with Crippen LogP contribution in [0.5, 0.6) is 5.75 Å². The van der Waals surface area contributed by atoms with Crippen LogP contribution in [0.2, 0.25) is 0 Å². The molecule has 1 aliphatic rings. The molecule has 0 bridgehead atoms. The second-order valence-electron chi connectivity index (χ2n) is 7.44. The molecule has 0 radical (unpaired) electrons. The average molecular weight is 528 g/mol. The van der Waals surface area contributed by atoms with Crippen molar-refractivity contribution in [1.82, 2.24) is 14.4 Å². The molecule has 1 aromatic heterocycles. The fourth-order valence-electron chi connectivity index (χ4n) is 3.67. The number of esters is 1. The molecule has 7 nitrogen and oxygen atoms in total. The van der Waals surface area contributed by atoms with Crippen molar-refractivity contribution >= 4 is 62.1 Å². The van der Waals surface area contributed by atoms with E-state index in [2.05, 4.69) is 20.5 Å². The Bertz CT molecular complexity index is 1260. The van der Waals surface area contributed by atoms with Crippen LogP contribution in [0, 0.1) is 0 Å². The molecule has 0 saturated carbocycles. The minimum Gasteiger partial charge on any atom is -0.492 e. The number of amides is 1. The van der Waals surface area contributed by atoms with Gasteiger partial charge in [-0.15, -0.1) is 0 Å². The summed E-state index contributed by atoms with van der Waals surface area (Å²) < 4.78 is 13.6. The third kappa shape index (κ3) is 4.79. The number of rotatable bonds is 7. The number of thiocarbonyl (C=S) groups is 1. The predicted molar refractivity (Wildman–Crippen MR) is 134 cm³/mol. The van der Waals surface area contributed by atoms with Gasteiger partial charge < -0.3 is 18.9 Å². The number of para-hydroxylation sites is 1. The van der Waals surface area contributed by atoms with Gasteiger partial charge in [0.15, 0.2) is 5.11 Å². The Labute approximate surface area is 205 Å². The van der Waals surface area contributed by atoms with Gasteiger partial charge in [-0.1, -0.05) is 34.1 Å². The van der Waals surface area contributed by atoms with Gasteiger partial charge in [0, 0.05) is 34.2 Å². The van der Waals surface area contributed by atoms with Crippen LogP contribution < -0.4 is 4.74 Å². The summed E-state index contributed by atoms with van der Waals surface area (Å²) in [5.74, 6) is 0.0624. The molecular formula is C24H22BrN3O4S. The fraction of sp³-hybridized carbons (Fsp3) is 0.208. The van der Waals surface area contributed by atoms with Gasteiger partial charge in [-0.2, -0.15) is 0 Å². The number of nitrogens with zero attached hydrogens (tertiary/aromatic N) is 3. The number of carbonyl (C=O) groups is 2. The third-order valence-electron chi connectivity index (χ3n) is 5.36. The van der Waals surface area contributed by atoms with Gasteiger partial charge in [0.25, 0.3) is 5.91 Å². The maximum atomic E-state index is 12.9. The lowest BCUT2D eigenvalue weighted by atomic mass is 10.1. The number of likely N-dealkylation sites (N-methyl/N-ethyl adjacent to an activating group) is 1. The van der Waals surface area contributed by atoms with Crippen LogP contribution in [0.25, 0.3) is 17.0 Å². The Morgan fingerprint density at radius 1 is 1.18 bits per heavy atom. The summed E-state index contributed by atoms with van der Waals surface area (Å²) in [7, 11) is 2.90. The monoisotopic (exact) mass is 527 g/mol. The van der Waals surface area contributed by atoms with E-state index in [1.54, 1.807) is 13.1 Å². The van der Waals surface area contributed by atoms with E-state index in [4.69, 9.17) is 21.7 Å². The van der Waals surface area contributed by atoms with Gasteiger partial charge >= 0.3 is 5.97 Å². The van der Waals surface area contributed by atoms with E-state index in [-0.39, 0.29) is 17.6 Å². The van der Waals surface area contributed by atoms with Crippen molar-refractivity contribution in [1.29, 1.82) is 0 Å². The first kappa shape index (κ1) is 23.0. The van der Waals surface area contributed by atoms with Gasteiger partial charge in [0.05, 0.1) is 13.7 Å². The van der Waals surface area contributed by atoms with E-state index in [1.165, 1.54) is 16.9 Å². The van der Waals surface area contributed by atoms with Gasteiger partial charge in [-0.05, 0) is 48.6 Å². The molecule has 0 N–H and O–H groups in total. The molecule has 0 spiro atoms. The smallest absolute Gasteiger partial charge is 0.325 e. The van der Waals surface area contributed by atoms with Gasteiger partial charge in [-0.25, -0.2) is 0 Å². The molecule has 3 aromatic rings. The zero-order chi connectivity index (χ0) is 23.5. The van der Waals surface area contributed by atoms with Crippen molar-refractivity contribution in [2.75, 3.05) is 27.3 Å². The molecule has 0 aliphatic carbocycles. The summed E-state index contributed by atoms with van der Waals surface area (Å²) in [5, 5.41) is 1.22. The fourth-order valence-corrected chi connectivity index (χ4v) is 4.27. The highest BCUT2D eigenvalue weighted by atomic mass is 79.9. The van der Waals surface area contributed by atoms with E-state index in [0.29, 0.717) is 18.8 Å². The Morgan fingerprint density at radius 3 is 2.67 bits per heavy atom. The van der Waals surface area contributed by atoms with Crippen molar-refractivity contribution in [2.45, 2.75) is 6.54 Å². The molecule has 0 unspecified atom stereocenters. The number of methoxy groups -OCH3 is 1. The molecule has 4 rings (SSSR count). The van der Waals surface area contributed by atoms with Crippen molar-refractivity contribution in [3.8, 4) is 5.75 Å². The molecule has 1 saturated heterocycles. The highest BCUT2D eigenvalue weighted by molar-refractivity contribution is 9.10. The maximum absolute atomic E-state index is 12.9. The van der Waals surface area contributed by atoms with E-state index in [0.717, 1.165) is 26.7 Å². The molecule has 9 heteroatoms. The van der Waals surface area contributed by atoms with Crippen molar-refractivity contribution in [3.05, 3.63) is 70.5 Å². The van der Waals surface area contributed by atoms with Crippen LogP contribution in [0.1, 0.15) is 5.56 Å². The quantitative estimate of drug-likeness (QED) is 0.262. The molecule has 1 amide bonds. The minimum atomic E-state index is -0.477. The van der Waals surface area contributed by atoms with Crippen LogP contribution in [0.3, 0.4) is 0 Å².